The quantitative estimate of drug-likeness (QED) is 0.702. The highest BCUT2D eigenvalue weighted by molar-refractivity contribution is 5.93. The molecule has 0 spiro atoms. The van der Waals surface area contributed by atoms with Gasteiger partial charge in [-0.05, 0) is 43.5 Å². The van der Waals surface area contributed by atoms with Crippen LogP contribution in [0.5, 0.6) is 0 Å². The minimum absolute atomic E-state index is 0.0316. The number of hydrogen-bond acceptors (Lipinski definition) is 4. The van der Waals surface area contributed by atoms with E-state index in [9.17, 15) is 14.0 Å². The fraction of sp³-hybridized carbons (Fsp3) is 0.579. The van der Waals surface area contributed by atoms with Crippen LogP contribution in [0.4, 0.5) is 10.1 Å². The predicted octanol–water partition coefficient (Wildman–Crippen LogP) is 1.94. The molecule has 1 unspecified atom stereocenters. The molecule has 0 aromatic heterocycles. The van der Waals surface area contributed by atoms with Gasteiger partial charge < -0.3 is 20.3 Å². The van der Waals surface area contributed by atoms with Crippen molar-refractivity contribution in [2.24, 2.45) is 5.92 Å². The second-order valence-electron chi connectivity index (χ2n) is 6.78. The zero-order valence-electron chi connectivity index (χ0n) is 15.5. The first-order chi connectivity index (χ1) is 12.5. The van der Waals surface area contributed by atoms with Crippen LogP contribution in [0, 0.1) is 18.7 Å². The predicted molar refractivity (Wildman–Crippen MR) is 98.4 cm³/mol. The van der Waals surface area contributed by atoms with E-state index in [2.05, 4.69) is 15.5 Å². The summed E-state index contributed by atoms with van der Waals surface area (Å²) < 4.78 is 18.7. The van der Waals surface area contributed by atoms with Gasteiger partial charge in [-0.2, -0.15) is 0 Å². The van der Waals surface area contributed by atoms with E-state index >= 15 is 0 Å². The van der Waals surface area contributed by atoms with Gasteiger partial charge >= 0.3 is 0 Å². The number of nitrogens with one attached hydrogen (secondary N) is 2. The van der Waals surface area contributed by atoms with Gasteiger partial charge in [0.1, 0.15) is 5.82 Å². The molecule has 1 saturated heterocycles. The normalized spacial score (nSPS) is 17.3. The maximum atomic E-state index is 13.6. The van der Waals surface area contributed by atoms with Crippen molar-refractivity contribution >= 4 is 17.5 Å². The Morgan fingerprint density at radius 3 is 2.85 bits per heavy atom. The van der Waals surface area contributed by atoms with Crippen LogP contribution in [-0.4, -0.2) is 56.6 Å². The number of ether oxygens (including phenoxy) is 1. The molecule has 6 nitrogen and oxygen atoms in total. The number of hydrogen-bond donors (Lipinski definition) is 2. The average molecular weight is 365 g/mol. The number of halogens is 1. The SMILES string of the molecule is COCCN1CCC(CNC(=O)CCC(=O)Nc2cc(C)ccc2F)C1. The lowest BCUT2D eigenvalue weighted by molar-refractivity contribution is -0.124. The number of methoxy groups -OCH3 is 1. The Morgan fingerprint density at radius 2 is 2.08 bits per heavy atom. The van der Waals surface area contributed by atoms with Crippen molar-refractivity contribution in [3.05, 3.63) is 29.6 Å². The second-order valence-corrected chi connectivity index (χ2v) is 6.78. The van der Waals surface area contributed by atoms with Crippen molar-refractivity contribution in [3.63, 3.8) is 0 Å². The number of benzene rings is 1. The summed E-state index contributed by atoms with van der Waals surface area (Å²) in [5, 5.41) is 5.41. The number of rotatable bonds is 9. The molecule has 0 bridgehead atoms. The summed E-state index contributed by atoms with van der Waals surface area (Å²) in [5.41, 5.74) is 1.01. The molecular weight excluding hydrogens is 337 g/mol. The first-order valence-electron chi connectivity index (χ1n) is 9.02. The third-order valence-corrected chi connectivity index (χ3v) is 4.54. The molecule has 1 heterocycles. The van der Waals surface area contributed by atoms with Gasteiger partial charge in [0.05, 0.1) is 12.3 Å². The number of aryl methyl sites for hydroxylation is 1. The molecule has 1 aromatic rings. The monoisotopic (exact) mass is 365 g/mol. The van der Waals surface area contributed by atoms with Gasteiger partial charge in [-0.15, -0.1) is 0 Å². The molecule has 2 amide bonds. The molecule has 2 N–H and O–H groups in total. The third kappa shape index (κ3) is 6.72. The molecular formula is C19H28FN3O3. The zero-order valence-corrected chi connectivity index (χ0v) is 15.5. The molecule has 2 rings (SSSR count). The Morgan fingerprint density at radius 1 is 1.31 bits per heavy atom. The first kappa shape index (κ1) is 20.3. The minimum Gasteiger partial charge on any atom is -0.383 e. The molecule has 1 aliphatic heterocycles. The Balaban J connectivity index is 1.64. The highest BCUT2D eigenvalue weighted by Crippen LogP contribution is 2.16. The summed E-state index contributed by atoms with van der Waals surface area (Å²) in [6.07, 6.45) is 1.18. The molecule has 0 saturated carbocycles. The Kier molecular flexibility index (Phi) is 8.00. The molecule has 144 valence electrons. The standard InChI is InChI=1S/C19H28FN3O3/c1-14-3-4-16(20)17(11-14)22-19(25)6-5-18(24)21-12-15-7-8-23(13-15)9-10-26-2/h3-4,11,15H,5-10,12-13H2,1-2H3,(H,21,24)(H,22,25). The third-order valence-electron chi connectivity index (χ3n) is 4.54. The van der Waals surface area contributed by atoms with Gasteiger partial charge in [-0.1, -0.05) is 6.07 Å². The summed E-state index contributed by atoms with van der Waals surface area (Å²) in [6.45, 7) is 6.05. The molecule has 0 aliphatic carbocycles. The van der Waals surface area contributed by atoms with Crippen LogP contribution in [-0.2, 0) is 14.3 Å². The fourth-order valence-corrected chi connectivity index (χ4v) is 3.02. The topological polar surface area (TPSA) is 70.7 Å². The van der Waals surface area contributed by atoms with Crippen molar-refractivity contribution < 1.29 is 18.7 Å². The molecule has 26 heavy (non-hydrogen) atoms. The van der Waals surface area contributed by atoms with Crippen LogP contribution in [0.25, 0.3) is 0 Å². The van der Waals surface area contributed by atoms with E-state index in [-0.39, 0.29) is 30.3 Å². The number of carbonyl (C=O) groups excluding carboxylic acids is 2. The van der Waals surface area contributed by atoms with Gasteiger partial charge in [-0.25, -0.2) is 4.39 Å². The Bertz CT molecular complexity index is 624. The second kappa shape index (κ2) is 10.2. The Labute approximate surface area is 154 Å². The van der Waals surface area contributed by atoms with E-state index in [1.54, 1.807) is 19.2 Å². The van der Waals surface area contributed by atoms with E-state index in [0.717, 1.165) is 38.2 Å². The first-order valence-corrected chi connectivity index (χ1v) is 9.02. The van der Waals surface area contributed by atoms with Crippen LogP contribution < -0.4 is 10.6 Å². The maximum absolute atomic E-state index is 13.6. The molecule has 0 radical (unpaired) electrons. The van der Waals surface area contributed by atoms with Gasteiger partial charge in [0.2, 0.25) is 11.8 Å². The molecule has 1 fully saturated rings. The summed E-state index contributed by atoms with van der Waals surface area (Å²) >= 11 is 0. The largest absolute Gasteiger partial charge is 0.383 e. The van der Waals surface area contributed by atoms with Gasteiger partial charge in [0.15, 0.2) is 0 Å². The Hall–Kier alpha value is -1.99. The molecule has 1 aliphatic rings. The van der Waals surface area contributed by atoms with Gasteiger partial charge in [0, 0.05) is 39.6 Å². The van der Waals surface area contributed by atoms with Crippen molar-refractivity contribution in [1.82, 2.24) is 10.2 Å². The van der Waals surface area contributed by atoms with Gasteiger partial charge in [-0.3, -0.25) is 9.59 Å². The zero-order chi connectivity index (χ0) is 18.9. The summed E-state index contributed by atoms with van der Waals surface area (Å²) in [6, 6.07) is 4.52. The number of anilines is 1. The highest BCUT2D eigenvalue weighted by Gasteiger charge is 2.22. The lowest BCUT2D eigenvalue weighted by Crippen LogP contribution is -2.32. The number of amides is 2. The molecule has 7 heteroatoms. The number of nitrogens with zero attached hydrogens (tertiary/aromatic N) is 1. The van der Waals surface area contributed by atoms with Crippen LogP contribution in [0.3, 0.4) is 0 Å². The maximum Gasteiger partial charge on any atom is 0.224 e. The summed E-state index contributed by atoms with van der Waals surface area (Å²) in [7, 11) is 1.69. The van der Waals surface area contributed by atoms with E-state index < -0.39 is 5.82 Å². The van der Waals surface area contributed by atoms with Crippen molar-refractivity contribution in [2.75, 3.05) is 45.2 Å². The lowest BCUT2D eigenvalue weighted by Gasteiger charge is -2.15. The van der Waals surface area contributed by atoms with E-state index in [4.69, 9.17) is 4.74 Å². The van der Waals surface area contributed by atoms with Gasteiger partial charge in [0.25, 0.3) is 0 Å². The van der Waals surface area contributed by atoms with Crippen LogP contribution in [0.1, 0.15) is 24.8 Å². The molecule has 1 aromatic carbocycles. The van der Waals surface area contributed by atoms with Crippen molar-refractivity contribution in [3.8, 4) is 0 Å². The minimum atomic E-state index is -0.479. The van der Waals surface area contributed by atoms with E-state index in [1.165, 1.54) is 6.07 Å². The lowest BCUT2D eigenvalue weighted by atomic mass is 10.1. The van der Waals surface area contributed by atoms with Crippen LogP contribution >= 0.6 is 0 Å². The van der Waals surface area contributed by atoms with E-state index in [0.29, 0.717) is 12.5 Å². The fourth-order valence-electron chi connectivity index (χ4n) is 3.02. The van der Waals surface area contributed by atoms with Crippen molar-refractivity contribution in [2.45, 2.75) is 26.2 Å². The van der Waals surface area contributed by atoms with Crippen LogP contribution in [0.2, 0.25) is 0 Å². The summed E-state index contributed by atoms with van der Waals surface area (Å²) in [4.78, 5) is 26.2. The highest BCUT2D eigenvalue weighted by atomic mass is 19.1. The number of likely N-dealkylation sites (tertiary alicyclic amines) is 1. The molecule has 1 atom stereocenters. The van der Waals surface area contributed by atoms with Crippen molar-refractivity contribution in [1.29, 1.82) is 0 Å². The number of carbonyl (C=O) groups is 2. The van der Waals surface area contributed by atoms with Crippen LogP contribution in [0.15, 0.2) is 18.2 Å². The smallest absolute Gasteiger partial charge is 0.224 e. The average Bonchev–Trinajstić information content (AvgIpc) is 3.07. The van der Waals surface area contributed by atoms with E-state index in [1.807, 2.05) is 6.92 Å². The summed E-state index contributed by atoms with van der Waals surface area (Å²) in [5.74, 6) is -0.560.